The summed E-state index contributed by atoms with van der Waals surface area (Å²) < 4.78 is 5.23. The standard InChI is InChI=1S/C18H25N5O2/c19-10-14-5-4-6-15(9-14)11-21-12-17(23-20)13-25-18(24)22-16-7-2-1-3-8-16/h4-6,9,12,16,21,23H,1-3,7-8,11,13,20H2,(H,22,24)/p+1/b17-12-. The summed E-state index contributed by atoms with van der Waals surface area (Å²) in [5.41, 5.74) is 5.04. The summed E-state index contributed by atoms with van der Waals surface area (Å²) >= 11 is 0. The third-order valence-corrected chi connectivity index (χ3v) is 4.15. The summed E-state index contributed by atoms with van der Waals surface area (Å²) in [6, 6.07) is 9.72. The van der Waals surface area contributed by atoms with E-state index in [0.717, 1.165) is 31.2 Å². The Morgan fingerprint density at radius 2 is 2.16 bits per heavy atom. The average Bonchev–Trinajstić information content (AvgIpc) is 2.65. The van der Waals surface area contributed by atoms with Gasteiger partial charge in [-0.25, -0.2) is 10.2 Å². The number of hydrogen-bond acceptors (Lipinski definition) is 5. The number of amides is 1. The van der Waals surface area contributed by atoms with E-state index in [1.54, 1.807) is 12.3 Å². The van der Waals surface area contributed by atoms with Gasteiger partial charge in [0.25, 0.3) is 0 Å². The molecule has 0 spiro atoms. The van der Waals surface area contributed by atoms with Crippen molar-refractivity contribution in [2.45, 2.75) is 44.7 Å². The highest BCUT2D eigenvalue weighted by atomic mass is 16.5. The van der Waals surface area contributed by atoms with Crippen LogP contribution in [0.2, 0.25) is 0 Å². The molecule has 0 bridgehead atoms. The first-order valence-corrected chi connectivity index (χ1v) is 8.59. The van der Waals surface area contributed by atoms with Crippen LogP contribution < -0.4 is 21.9 Å². The normalized spacial score (nSPS) is 15.1. The molecule has 0 heterocycles. The van der Waals surface area contributed by atoms with E-state index in [1.165, 1.54) is 6.42 Å². The summed E-state index contributed by atoms with van der Waals surface area (Å²) in [6.45, 7) is 0.683. The third-order valence-electron chi connectivity index (χ3n) is 4.15. The highest BCUT2D eigenvalue weighted by Crippen LogP contribution is 2.17. The minimum absolute atomic E-state index is 0.118. The van der Waals surface area contributed by atoms with Gasteiger partial charge in [-0.3, -0.25) is 5.84 Å². The van der Waals surface area contributed by atoms with Gasteiger partial charge in [0.15, 0.2) is 0 Å². The quantitative estimate of drug-likeness (QED) is 0.557. The lowest BCUT2D eigenvalue weighted by molar-refractivity contribution is -0.433. The van der Waals surface area contributed by atoms with Gasteiger partial charge in [0.2, 0.25) is 0 Å². The van der Waals surface area contributed by atoms with Crippen LogP contribution in [0.25, 0.3) is 0 Å². The summed E-state index contributed by atoms with van der Waals surface area (Å²) in [4.78, 5) is 11.8. The molecule has 0 unspecified atom stereocenters. The van der Waals surface area contributed by atoms with E-state index in [4.69, 9.17) is 10.00 Å². The summed E-state index contributed by atoms with van der Waals surface area (Å²) in [6.07, 6.45) is 6.94. The lowest BCUT2D eigenvalue weighted by Crippen LogP contribution is -2.64. The zero-order chi connectivity index (χ0) is 17.9. The molecule has 7 heteroatoms. The van der Waals surface area contributed by atoms with Gasteiger partial charge >= 0.3 is 6.09 Å². The molecule has 1 amide bonds. The van der Waals surface area contributed by atoms with Crippen LogP contribution in [-0.2, 0) is 11.3 Å². The highest BCUT2D eigenvalue weighted by Gasteiger charge is 2.16. The van der Waals surface area contributed by atoms with Gasteiger partial charge in [-0.05, 0) is 30.5 Å². The van der Waals surface area contributed by atoms with Gasteiger partial charge in [-0.2, -0.15) is 5.26 Å². The van der Waals surface area contributed by atoms with E-state index in [2.05, 4.69) is 28.0 Å². The molecule has 2 rings (SSSR count). The molecular formula is C18H26N5O2+. The number of rotatable bonds is 7. The van der Waals surface area contributed by atoms with Gasteiger partial charge in [-0.15, -0.1) is 0 Å². The van der Waals surface area contributed by atoms with Crippen molar-refractivity contribution >= 4 is 6.09 Å². The Morgan fingerprint density at radius 3 is 2.88 bits per heavy atom. The zero-order valence-electron chi connectivity index (χ0n) is 14.4. The molecule has 0 atom stereocenters. The minimum atomic E-state index is -0.394. The maximum absolute atomic E-state index is 11.8. The number of alkyl carbamates (subject to hydrolysis) is 1. The van der Waals surface area contributed by atoms with Crippen molar-refractivity contribution in [1.29, 1.82) is 5.26 Å². The molecule has 6 N–H and O–H groups in total. The molecule has 0 radical (unpaired) electrons. The maximum atomic E-state index is 11.8. The Hall–Kier alpha value is -2.72. The van der Waals surface area contributed by atoms with Gasteiger partial charge in [0.05, 0.1) is 11.6 Å². The van der Waals surface area contributed by atoms with Gasteiger partial charge in [0.1, 0.15) is 12.3 Å². The first-order valence-electron chi connectivity index (χ1n) is 8.59. The number of nitrogens with zero attached hydrogens (tertiary/aromatic N) is 1. The molecule has 7 nitrogen and oxygen atoms in total. The Bertz CT molecular complexity index is 633. The van der Waals surface area contributed by atoms with Crippen LogP contribution in [-0.4, -0.2) is 18.7 Å². The smallest absolute Gasteiger partial charge is 0.407 e. The molecule has 25 heavy (non-hydrogen) atoms. The molecule has 1 fully saturated rings. The minimum Gasteiger partial charge on any atom is -0.443 e. The number of ether oxygens (including phenoxy) is 1. The fourth-order valence-corrected chi connectivity index (χ4v) is 2.79. The van der Waals surface area contributed by atoms with E-state index in [-0.39, 0.29) is 12.6 Å². The second-order valence-electron chi connectivity index (χ2n) is 6.09. The number of carbonyl (C=O) groups excluding carboxylic acids is 1. The molecular weight excluding hydrogens is 318 g/mol. The van der Waals surface area contributed by atoms with Gasteiger partial charge < -0.3 is 15.4 Å². The number of carbonyl (C=O) groups is 1. The molecule has 0 aromatic heterocycles. The SMILES string of the molecule is N#Cc1cccc(CN/C=C(/COC(=O)NC2CCCCC2)N[NH3+])c1. The first-order chi connectivity index (χ1) is 12.2. The summed E-state index contributed by atoms with van der Waals surface area (Å²) in [5.74, 6) is 3.62. The number of quaternary nitrogens is 1. The third kappa shape index (κ3) is 6.73. The van der Waals surface area contributed by atoms with Crippen molar-refractivity contribution in [3.05, 3.63) is 47.3 Å². The second kappa shape index (κ2) is 10.2. The molecule has 1 aromatic rings. The molecule has 1 aliphatic rings. The maximum Gasteiger partial charge on any atom is 0.407 e. The highest BCUT2D eigenvalue weighted by molar-refractivity contribution is 5.67. The predicted octanol–water partition coefficient (Wildman–Crippen LogP) is 1.29. The van der Waals surface area contributed by atoms with Crippen LogP contribution in [0.3, 0.4) is 0 Å². The van der Waals surface area contributed by atoms with E-state index in [9.17, 15) is 4.79 Å². The van der Waals surface area contributed by atoms with Crippen molar-refractivity contribution in [3.8, 4) is 6.07 Å². The van der Waals surface area contributed by atoms with Gasteiger partial charge in [-0.1, -0.05) is 31.4 Å². The van der Waals surface area contributed by atoms with Crippen LogP contribution in [0.4, 0.5) is 4.79 Å². The van der Waals surface area contributed by atoms with Crippen molar-refractivity contribution in [3.63, 3.8) is 0 Å². The largest absolute Gasteiger partial charge is 0.443 e. The van der Waals surface area contributed by atoms with Crippen molar-refractivity contribution in [2.75, 3.05) is 6.61 Å². The topological polar surface area (TPSA) is 114 Å². The Labute approximate surface area is 148 Å². The summed E-state index contributed by atoms with van der Waals surface area (Å²) in [7, 11) is 0. The Balaban J connectivity index is 1.73. The van der Waals surface area contributed by atoms with Crippen molar-refractivity contribution < 1.29 is 15.4 Å². The fraction of sp³-hybridized carbons (Fsp3) is 0.444. The van der Waals surface area contributed by atoms with Gasteiger partial charge in [0, 0.05) is 18.8 Å². The first kappa shape index (κ1) is 18.6. The lowest BCUT2D eigenvalue weighted by atomic mass is 9.96. The molecule has 0 aliphatic heterocycles. The lowest BCUT2D eigenvalue weighted by Gasteiger charge is -2.22. The Kier molecular flexibility index (Phi) is 7.60. The van der Waals surface area contributed by atoms with E-state index in [1.807, 2.05) is 18.2 Å². The summed E-state index contributed by atoms with van der Waals surface area (Å²) in [5, 5.41) is 14.9. The Morgan fingerprint density at radius 1 is 1.36 bits per heavy atom. The molecule has 1 aromatic carbocycles. The number of benzene rings is 1. The molecule has 134 valence electrons. The van der Waals surface area contributed by atoms with Crippen LogP contribution >= 0.6 is 0 Å². The zero-order valence-corrected chi connectivity index (χ0v) is 14.4. The van der Waals surface area contributed by atoms with Crippen molar-refractivity contribution in [1.82, 2.24) is 16.1 Å². The molecule has 1 aliphatic carbocycles. The van der Waals surface area contributed by atoms with E-state index >= 15 is 0 Å². The van der Waals surface area contributed by atoms with Crippen LogP contribution in [0.15, 0.2) is 36.2 Å². The van der Waals surface area contributed by atoms with Crippen LogP contribution in [0.1, 0.15) is 43.2 Å². The monoisotopic (exact) mass is 344 g/mol. The number of nitriles is 1. The molecule has 1 saturated carbocycles. The second-order valence-corrected chi connectivity index (χ2v) is 6.09. The van der Waals surface area contributed by atoms with Crippen LogP contribution in [0, 0.1) is 11.3 Å². The molecule has 0 saturated heterocycles. The predicted molar refractivity (Wildman–Crippen MR) is 93.5 cm³/mol. The average molecular weight is 344 g/mol. The van der Waals surface area contributed by atoms with E-state index < -0.39 is 6.09 Å². The fourth-order valence-electron chi connectivity index (χ4n) is 2.79. The van der Waals surface area contributed by atoms with Crippen molar-refractivity contribution in [2.24, 2.45) is 0 Å². The van der Waals surface area contributed by atoms with Crippen LogP contribution in [0.5, 0.6) is 0 Å². The number of hydrogen-bond donors (Lipinski definition) is 4. The number of nitrogens with one attached hydrogen (secondary N) is 3. The van der Waals surface area contributed by atoms with E-state index in [0.29, 0.717) is 17.8 Å².